The van der Waals surface area contributed by atoms with Gasteiger partial charge in [0.2, 0.25) is 0 Å². The minimum atomic E-state index is -0.0332. The number of hydrogen-bond acceptors (Lipinski definition) is 6. The van der Waals surface area contributed by atoms with Crippen LogP contribution in [-0.4, -0.2) is 51.2 Å². The first kappa shape index (κ1) is 24.7. The summed E-state index contributed by atoms with van der Waals surface area (Å²) < 4.78 is 6.35. The van der Waals surface area contributed by atoms with Gasteiger partial charge in [-0.05, 0) is 62.3 Å². The van der Waals surface area contributed by atoms with Crippen molar-refractivity contribution in [3.8, 4) is 0 Å². The molecule has 0 bridgehead atoms. The summed E-state index contributed by atoms with van der Waals surface area (Å²) in [7, 11) is 3.94. The average molecular weight is 474 g/mol. The highest BCUT2D eigenvalue weighted by atomic mass is 16.5. The van der Waals surface area contributed by atoms with Gasteiger partial charge in [-0.1, -0.05) is 42.5 Å². The fraction of sp³-hybridized carbons (Fsp3) is 0.357. The molecule has 1 aliphatic rings. The zero-order valence-electron chi connectivity index (χ0n) is 20.8. The summed E-state index contributed by atoms with van der Waals surface area (Å²) in [4.78, 5) is 22.1. The number of fused-ring (bicyclic) bond motifs is 1. The van der Waals surface area contributed by atoms with Crippen molar-refractivity contribution in [3.63, 3.8) is 0 Å². The summed E-state index contributed by atoms with van der Waals surface area (Å²) in [5.74, 6) is 1.46. The number of benzene rings is 2. The Morgan fingerprint density at radius 1 is 1.06 bits per heavy atom. The lowest BCUT2D eigenvalue weighted by atomic mass is 10.1. The van der Waals surface area contributed by atoms with Gasteiger partial charge in [0.1, 0.15) is 11.6 Å². The second-order valence-corrected chi connectivity index (χ2v) is 8.75. The van der Waals surface area contributed by atoms with Crippen LogP contribution in [0.15, 0.2) is 66.7 Å². The number of nitrogens with one attached hydrogen (secondary N) is 2. The molecule has 0 saturated heterocycles. The summed E-state index contributed by atoms with van der Waals surface area (Å²) in [5.41, 5.74) is 3.70. The molecule has 0 spiro atoms. The predicted molar refractivity (Wildman–Crippen MR) is 142 cm³/mol. The maximum atomic E-state index is 13.5. The van der Waals surface area contributed by atoms with Crippen molar-refractivity contribution >= 4 is 23.2 Å². The van der Waals surface area contributed by atoms with Crippen molar-refractivity contribution in [2.45, 2.75) is 26.1 Å². The van der Waals surface area contributed by atoms with E-state index in [-0.39, 0.29) is 12.0 Å². The molecule has 1 atom stereocenters. The highest BCUT2D eigenvalue weighted by Gasteiger charge is 2.27. The van der Waals surface area contributed by atoms with Crippen molar-refractivity contribution in [1.29, 1.82) is 0 Å². The van der Waals surface area contributed by atoms with E-state index in [1.165, 1.54) is 5.56 Å². The Kier molecular flexibility index (Phi) is 8.34. The minimum absolute atomic E-state index is 0.00431. The van der Waals surface area contributed by atoms with Crippen LogP contribution in [0.25, 0.3) is 0 Å². The number of likely N-dealkylation sites (N-methyl/N-ethyl adjacent to an activating group) is 1. The lowest BCUT2D eigenvalue weighted by Gasteiger charge is -2.22. The fourth-order valence-corrected chi connectivity index (χ4v) is 4.34. The molecule has 7 nitrogen and oxygen atoms in total. The van der Waals surface area contributed by atoms with E-state index in [0.717, 1.165) is 36.6 Å². The van der Waals surface area contributed by atoms with E-state index in [1.807, 2.05) is 73.3 Å². The van der Waals surface area contributed by atoms with Crippen LogP contribution in [0.5, 0.6) is 0 Å². The Morgan fingerprint density at radius 2 is 1.89 bits per heavy atom. The number of amides is 1. The molecule has 2 aromatic carbocycles. The first-order valence-corrected chi connectivity index (χ1v) is 12.3. The van der Waals surface area contributed by atoms with Crippen molar-refractivity contribution in [2.75, 3.05) is 55.4 Å². The number of carbonyl (C=O) groups is 1. The molecule has 0 radical (unpaired) electrons. The van der Waals surface area contributed by atoms with Gasteiger partial charge < -0.3 is 25.2 Å². The summed E-state index contributed by atoms with van der Waals surface area (Å²) in [6.07, 6.45) is 0.889. The number of carbonyl (C=O) groups excluding carboxylic acids is 1. The van der Waals surface area contributed by atoms with Gasteiger partial charge in [-0.2, -0.15) is 0 Å². The van der Waals surface area contributed by atoms with Gasteiger partial charge in [0.25, 0.3) is 5.91 Å². The molecule has 1 aromatic heterocycles. The van der Waals surface area contributed by atoms with Crippen molar-refractivity contribution in [2.24, 2.45) is 0 Å². The van der Waals surface area contributed by atoms with Crippen LogP contribution in [0.3, 0.4) is 0 Å². The largest absolute Gasteiger partial charge is 0.370 e. The quantitative estimate of drug-likeness (QED) is 0.453. The van der Waals surface area contributed by atoms with E-state index in [9.17, 15) is 4.79 Å². The zero-order chi connectivity index (χ0) is 24.6. The second kappa shape index (κ2) is 11.8. The average Bonchev–Trinajstić information content (AvgIpc) is 3.01. The molecule has 1 aliphatic heterocycles. The molecule has 0 aliphatic carbocycles. The Morgan fingerprint density at radius 3 is 2.66 bits per heavy atom. The maximum Gasteiger partial charge on any atom is 0.262 e. The Bertz CT molecular complexity index is 1120. The molecule has 35 heavy (non-hydrogen) atoms. The predicted octanol–water partition coefficient (Wildman–Crippen LogP) is 4.48. The van der Waals surface area contributed by atoms with Gasteiger partial charge in [0.05, 0.1) is 18.3 Å². The number of nitrogens with zero attached hydrogens (tertiary/aromatic N) is 3. The smallest absolute Gasteiger partial charge is 0.262 e. The third-order valence-electron chi connectivity index (χ3n) is 6.23. The van der Waals surface area contributed by atoms with Crippen LogP contribution < -0.4 is 20.4 Å². The van der Waals surface area contributed by atoms with Crippen molar-refractivity contribution in [3.05, 3.63) is 83.4 Å². The summed E-state index contributed by atoms with van der Waals surface area (Å²) in [5, 5.41) is 6.44. The Balaban J connectivity index is 1.52. The molecule has 4 rings (SSSR count). The molecule has 184 valence electrons. The second-order valence-electron chi connectivity index (χ2n) is 8.75. The molecule has 0 saturated carbocycles. The lowest BCUT2D eigenvalue weighted by molar-refractivity contribution is 0.0344. The summed E-state index contributed by atoms with van der Waals surface area (Å²) in [6, 6.07) is 22.2. The first-order valence-electron chi connectivity index (χ1n) is 12.3. The number of pyridine rings is 1. The minimum Gasteiger partial charge on any atom is -0.370 e. The van der Waals surface area contributed by atoms with E-state index < -0.39 is 0 Å². The van der Waals surface area contributed by atoms with Crippen LogP contribution in [-0.2, 0) is 11.3 Å². The molecule has 1 unspecified atom stereocenters. The highest BCUT2D eigenvalue weighted by Crippen LogP contribution is 2.29. The van der Waals surface area contributed by atoms with Crippen LogP contribution in [0.2, 0.25) is 0 Å². The zero-order valence-corrected chi connectivity index (χ0v) is 20.8. The van der Waals surface area contributed by atoms with Gasteiger partial charge in [0, 0.05) is 32.4 Å². The summed E-state index contributed by atoms with van der Waals surface area (Å²) >= 11 is 0. The molecule has 1 amide bonds. The van der Waals surface area contributed by atoms with Gasteiger partial charge in [-0.15, -0.1) is 0 Å². The number of hydrogen-bond donors (Lipinski definition) is 2. The maximum absolute atomic E-state index is 13.5. The van der Waals surface area contributed by atoms with Gasteiger partial charge >= 0.3 is 0 Å². The third-order valence-corrected chi connectivity index (χ3v) is 6.23. The van der Waals surface area contributed by atoms with Gasteiger partial charge in [-0.25, -0.2) is 4.98 Å². The monoisotopic (exact) mass is 473 g/mol. The van der Waals surface area contributed by atoms with Crippen LogP contribution in [0.4, 0.5) is 17.3 Å². The van der Waals surface area contributed by atoms with Crippen molar-refractivity contribution < 1.29 is 9.53 Å². The van der Waals surface area contributed by atoms with E-state index in [4.69, 9.17) is 4.74 Å². The summed E-state index contributed by atoms with van der Waals surface area (Å²) in [6.45, 7) is 5.44. The topological polar surface area (TPSA) is 69.7 Å². The van der Waals surface area contributed by atoms with Gasteiger partial charge in [0.15, 0.2) is 0 Å². The number of ether oxygens (including phenoxy) is 1. The Labute approximate surface area is 208 Å². The normalized spacial score (nSPS) is 14.4. The first-order chi connectivity index (χ1) is 17.1. The Hall–Kier alpha value is -3.42. The van der Waals surface area contributed by atoms with Gasteiger partial charge in [-0.3, -0.25) is 4.79 Å². The van der Waals surface area contributed by atoms with E-state index in [0.29, 0.717) is 31.1 Å². The van der Waals surface area contributed by atoms with Crippen LogP contribution in [0, 0.1) is 0 Å². The number of aromatic nitrogens is 1. The SMILES string of the molecule is CCNc1ccc2c(n1)N(C)CCN(c1cccc(COC(CCNC)c3ccccc3)c1)C2=O. The molecular weight excluding hydrogens is 438 g/mol. The highest BCUT2D eigenvalue weighted by molar-refractivity contribution is 6.10. The molecule has 7 heteroatoms. The molecule has 2 heterocycles. The van der Waals surface area contributed by atoms with E-state index >= 15 is 0 Å². The van der Waals surface area contributed by atoms with E-state index in [2.05, 4.69) is 39.9 Å². The number of rotatable bonds is 10. The standard InChI is InChI=1S/C28H35N5O2/c1-4-30-26-14-13-24-27(31-26)32(3)17-18-33(28(24)34)23-12-8-9-21(19-23)20-35-25(15-16-29-2)22-10-6-5-7-11-22/h5-14,19,25,29H,4,15-18,20H2,1-3H3,(H,30,31). The fourth-order valence-electron chi connectivity index (χ4n) is 4.34. The molecule has 2 N–H and O–H groups in total. The molecule has 0 fully saturated rings. The molecule has 3 aromatic rings. The lowest BCUT2D eigenvalue weighted by Crippen LogP contribution is -2.33. The molecular formula is C28H35N5O2. The van der Waals surface area contributed by atoms with E-state index in [1.54, 1.807) is 0 Å². The van der Waals surface area contributed by atoms with Crippen LogP contribution >= 0.6 is 0 Å². The number of anilines is 3. The third kappa shape index (κ3) is 5.99. The van der Waals surface area contributed by atoms with Crippen LogP contribution in [0.1, 0.15) is 40.9 Å². The van der Waals surface area contributed by atoms with Crippen molar-refractivity contribution in [1.82, 2.24) is 10.3 Å².